The first-order valence-electron chi connectivity index (χ1n) is 10.6. The Morgan fingerprint density at radius 2 is 1.45 bits per heavy atom. The Kier molecular flexibility index (Phi) is 8.38. The average Bonchev–Trinajstić information content (AvgIpc) is 2.86. The zero-order valence-corrected chi connectivity index (χ0v) is 18.3. The van der Waals surface area contributed by atoms with Gasteiger partial charge in [0.2, 0.25) is 0 Å². The van der Waals surface area contributed by atoms with Crippen LogP contribution in [0.1, 0.15) is 24.5 Å². The van der Waals surface area contributed by atoms with Crippen molar-refractivity contribution in [3.8, 4) is 0 Å². The highest BCUT2D eigenvalue weighted by molar-refractivity contribution is 5.92. The molecule has 2 aromatic rings. The summed E-state index contributed by atoms with van der Waals surface area (Å²) < 4.78 is 15.8. The lowest BCUT2D eigenvalue weighted by Crippen LogP contribution is -2.53. The molecule has 1 fully saturated rings. The summed E-state index contributed by atoms with van der Waals surface area (Å²) >= 11 is 0. The molecule has 1 heterocycles. The maximum atomic E-state index is 13.0. The van der Waals surface area contributed by atoms with E-state index in [1.807, 2.05) is 24.3 Å². The third-order valence-electron chi connectivity index (χ3n) is 5.22. The maximum absolute atomic E-state index is 13.0. The third-order valence-corrected chi connectivity index (χ3v) is 5.22. The third kappa shape index (κ3) is 6.08. The number of rotatable bonds is 7. The molecule has 8 heteroatoms. The quantitative estimate of drug-likeness (QED) is 0.362. The lowest BCUT2D eigenvalue weighted by atomic mass is 9.86. The van der Waals surface area contributed by atoms with E-state index in [-0.39, 0.29) is 38.4 Å². The molecule has 3 rings (SSSR count). The summed E-state index contributed by atoms with van der Waals surface area (Å²) in [6.07, 6.45) is -0.692. The highest BCUT2D eigenvalue weighted by atomic mass is 16.6. The van der Waals surface area contributed by atoms with Crippen LogP contribution >= 0.6 is 0 Å². The number of likely N-dealkylation sites (tertiary alicyclic amines) is 1. The van der Waals surface area contributed by atoms with Gasteiger partial charge in [-0.15, -0.1) is 0 Å². The molecule has 0 aromatic heterocycles. The van der Waals surface area contributed by atoms with Crippen molar-refractivity contribution in [1.82, 2.24) is 4.90 Å². The Bertz CT molecular complexity index is 1020. The summed E-state index contributed by atoms with van der Waals surface area (Å²) in [4.78, 5) is 51.2. The van der Waals surface area contributed by atoms with Crippen LogP contribution in [-0.4, -0.2) is 48.1 Å². The zero-order chi connectivity index (χ0) is 23.6. The molecule has 1 amide bonds. The predicted molar refractivity (Wildman–Crippen MR) is 117 cm³/mol. The van der Waals surface area contributed by atoms with E-state index in [1.165, 1.54) is 0 Å². The summed E-state index contributed by atoms with van der Waals surface area (Å²) in [6.45, 7) is 1.70. The number of carbonyl (C=O) groups excluding carboxylic acids is 4. The minimum absolute atomic E-state index is 0.00733. The van der Waals surface area contributed by atoms with Crippen molar-refractivity contribution in [2.75, 3.05) is 13.2 Å². The van der Waals surface area contributed by atoms with E-state index >= 15 is 0 Å². The number of benzene rings is 2. The van der Waals surface area contributed by atoms with Gasteiger partial charge in [-0.05, 0) is 24.5 Å². The topological polar surface area (TPSA) is 99.2 Å². The van der Waals surface area contributed by atoms with Gasteiger partial charge in [-0.1, -0.05) is 60.7 Å². The maximum Gasteiger partial charge on any atom is 0.411 e. The number of esters is 2. The molecule has 33 heavy (non-hydrogen) atoms. The molecule has 2 atom stereocenters. The van der Waals surface area contributed by atoms with Crippen LogP contribution < -0.4 is 0 Å². The number of hydrogen-bond donors (Lipinski definition) is 0. The van der Waals surface area contributed by atoms with Crippen LogP contribution in [0.3, 0.4) is 0 Å². The molecule has 0 bridgehead atoms. The molecule has 0 radical (unpaired) electrons. The SMILES string of the molecule is CCOC(=O)C1CCN(C(=O)OCc2ccccc2)C(C(=O)OCc2ccccc2)C1=C=O. The van der Waals surface area contributed by atoms with Gasteiger partial charge in [0.1, 0.15) is 19.2 Å². The van der Waals surface area contributed by atoms with E-state index in [1.54, 1.807) is 49.3 Å². The van der Waals surface area contributed by atoms with Crippen LogP contribution in [0.4, 0.5) is 4.79 Å². The fourth-order valence-corrected chi connectivity index (χ4v) is 3.59. The Morgan fingerprint density at radius 1 is 0.879 bits per heavy atom. The monoisotopic (exact) mass is 451 g/mol. The molecule has 172 valence electrons. The molecule has 0 spiro atoms. The summed E-state index contributed by atoms with van der Waals surface area (Å²) in [5, 5.41) is 0. The molecule has 2 aromatic carbocycles. The summed E-state index contributed by atoms with van der Waals surface area (Å²) in [6, 6.07) is 16.6. The fourth-order valence-electron chi connectivity index (χ4n) is 3.59. The van der Waals surface area contributed by atoms with Crippen molar-refractivity contribution < 1.29 is 33.4 Å². The molecule has 0 aliphatic carbocycles. The largest absolute Gasteiger partial charge is 0.466 e. The first-order valence-corrected chi connectivity index (χ1v) is 10.6. The lowest BCUT2D eigenvalue weighted by Gasteiger charge is -2.36. The second-order valence-corrected chi connectivity index (χ2v) is 7.38. The van der Waals surface area contributed by atoms with Crippen LogP contribution in [0.25, 0.3) is 0 Å². The van der Waals surface area contributed by atoms with Crippen LogP contribution in [-0.2, 0) is 41.8 Å². The second kappa shape index (κ2) is 11.6. The Balaban J connectivity index is 1.80. The molecular weight excluding hydrogens is 426 g/mol. The van der Waals surface area contributed by atoms with Crippen molar-refractivity contribution in [2.24, 2.45) is 5.92 Å². The summed E-state index contributed by atoms with van der Waals surface area (Å²) in [5.74, 6) is -0.783. The minimum atomic E-state index is -1.43. The number of piperidine rings is 1. The van der Waals surface area contributed by atoms with Crippen LogP contribution in [0.15, 0.2) is 66.2 Å². The van der Waals surface area contributed by atoms with E-state index in [0.29, 0.717) is 0 Å². The van der Waals surface area contributed by atoms with E-state index in [2.05, 4.69) is 0 Å². The first kappa shape index (κ1) is 23.8. The van der Waals surface area contributed by atoms with Gasteiger partial charge in [-0.25, -0.2) is 14.4 Å². The lowest BCUT2D eigenvalue weighted by molar-refractivity contribution is -0.153. The Hall–Kier alpha value is -3.90. The molecule has 8 nitrogen and oxygen atoms in total. The number of amides is 1. The summed E-state index contributed by atoms with van der Waals surface area (Å²) in [7, 11) is 0. The van der Waals surface area contributed by atoms with E-state index in [0.717, 1.165) is 16.0 Å². The van der Waals surface area contributed by atoms with Gasteiger partial charge in [0.05, 0.1) is 18.1 Å². The van der Waals surface area contributed by atoms with Crippen LogP contribution in [0, 0.1) is 5.92 Å². The molecule has 0 N–H and O–H groups in total. The Labute approximate surface area is 191 Å². The van der Waals surface area contributed by atoms with Gasteiger partial charge < -0.3 is 14.2 Å². The van der Waals surface area contributed by atoms with Crippen molar-refractivity contribution >= 4 is 24.0 Å². The number of nitrogens with zero attached hydrogens (tertiary/aromatic N) is 1. The number of hydrogen-bond acceptors (Lipinski definition) is 7. The Morgan fingerprint density at radius 3 is 2.00 bits per heavy atom. The van der Waals surface area contributed by atoms with Gasteiger partial charge >= 0.3 is 18.0 Å². The van der Waals surface area contributed by atoms with E-state index in [9.17, 15) is 19.2 Å². The molecule has 2 unspecified atom stereocenters. The fraction of sp³-hybridized carbons (Fsp3) is 0.320. The highest BCUT2D eigenvalue weighted by Crippen LogP contribution is 2.30. The first-order chi connectivity index (χ1) is 16.0. The smallest absolute Gasteiger partial charge is 0.411 e. The van der Waals surface area contributed by atoms with Crippen LogP contribution in [0.2, 0.25) is 0 Å². The molecule has 1 aliphatic heterocycles. The number of carbonyl (C=O) groups is 3. The number of ether oxygens (including phenoxy) is 3. The van der Waals surface area contributed by atoms with Gasteiger partial charge in [-0.3, -0.25) is 9.69 Å². The van der Waals surface area contributed by atoms with E-state index < -0.39 is 30.0 Å². The molecule has 1 saturated heterocycles. The normalized spacial score (nSPS) is 17.6. The molecular formula is C25H25NO7. The minimum Gasteiger partial charge on any atom is -0.466 e. The standard InChI is InChI=1S/C25H25NO7/c1-2-31-23(28)20-13-14-26(25(30)33-17-19-11-7-4-8-12-19)22(21(20)15-27)24(29)32-16-18-9-5-3-6-10-18/h3-12,20,22H,2,13-14,16-17H2,1H3. The average molecular weight is 451 g/mol. The molecule has 0 saturated carbocycles. The van der Waals surface area contributed by atoms with Crippen molar-refractivity contribution in [2.45, 2.75) is 32.6 Å². The summed E-state index contributed by atoms with van der Waals surface area (Å²) in [5.41, 5.74) is 1.30. The van der Waals surface area contributed by atoms with Gasteiger partial charge in [-0.2, -0.15) is 0 Å². The van der Waals surface area contributed by atoms with Gasteiger partial charge in [0.15, 0.2) is 6.04 Å². The van der Waals surface area contributed by atoms with Crippen LogP contribution in [0.5, 0.6) is 0 Å². The highest BCUT2D eigenvalue weighted by Gasteiger charge is 2.46. The van der Waals surface area contributed by atoms with Crippen molar-refractivity contribution in [3.05, 3.63) is 77.4 Å². The molecule has 1 aliphatic rings. The van der Waals surface area contributed by atoms with Gasteiger partial charge in [0.25, 0.3) is 0 Å². The zero-order valence-electron chi connectivity index (χ0n) is 18.3. The van der Waals surface area contributed by atoms with Crippen molar-refractivity contribution in [1.29, 1.82) is 0 Å². The van der Waals surface area contributed by atoms with Gasteiger partial charge in [0, 0.05) is 6.54 Å². The van der Waals surface area contributed by atoms with E-state index in [4.69, 9.17) is 14.2 Å². The predicted octanol–water partition coefficient (Wildman–Crippen LogP) is 3.08. The van der Waals surface area contributed by atoms with Crippen molar-refractivity contribution in [3.63, 3.8) is 0 Å². The second-order valence-electron chi connectivity index (χ2n) is 7.38.